The molecule has 2 fully saturated rings. The molecule has 0 unspecified atom stereocenters. The largest absolute Gasteiger partial charge is 0.393 e. The number of anilines is 1. The van der Waals surface area contributed by atoms with Crippen molar-refractivity contribution in [1.82, 2.24) is 0 Å². The van der Waals surface area contributed by atoms with Crippen molar-refractivity contribution in [3.63, 3.8) is 0 Å². The van der Waals surface area contributed by atoms with Crippen molar-refractivity contribution in [2.75, 3.05) is 4.90 Å². The van der Waals surface area contributed by atoms with E-state index in [4.69, 9.17) is 0 Å². The minimum Gasteiger partial charge on any atom is -0.393 e. The number of para-hydroxylation sites is 1. The first-order valence-electron chi connectivity index (χ1n) is 5.86. The molecule has 2 nitrogen and oxygen atoms in total. The maximum atomic E-state index is 9.73. The number of rotatable bonds is 1. The Balaban J connectivity index is 1.89. The van der Waals surface area contributed by atoms with Crippen LogP contribution in [0.5, 0.6) is 0 Å². The van der Waals surface area contributed by atoms with Gasteiger partial charge in [0.25, 0.3) is 0 Å². The first-order chi connectivity index (χ1) is 7.34. The molecule has 0 radical (unpaired) electrons. The zero-order valence-corrected chi connectivity index (χ0v) is 8.84. The maximum Gasteiger partial charge on any atom is 0.0579 e. The van der Waals surface area contributed by atoms with Gasteiger partial charge in [-0.3, -0.25) is 0 Å². The smallest absolute Gasteiger partial charge is 0.0579 e. The van der Waals surface area contributed by atoms with E-state index in [1.807, 2.05) is 0 Å². The predicted octanol–water partition coefficient (Wildman–Crippen LogP) is 2.18. The molecule has 2 bridgehead atoms. The van der Waals surface area contributed by atoms with Crippen LogP contribution in [-0.4, -0.2) is 23.3 Å². The lowest BCUT2D eigenvalue weighted by Gasteiger charge is -2.39. The number of hydrogen-bond acceptors (Lipinski definition) is 2. The minimum atomic E-state index is -0.0672. The van der Waals surface area contributed by atoms with Crippen LogP contribution in [0.3, 0.4) is 0 Å². The number of benzene rings is 1. The van der Waals surface area contributed by atoms with E-state index in [0.29, 0.717) is 12.1 Å². The van der Waals surface area contributed by atoms with E-state index >= 15 is 0 Å². The Labute approximate surface area is 90.5 Å². The Hall–Kier alpha value is -1.02. The summed E-state index contributed by atoms with van der Waals surface area (Å²) < 4.78 is 0. The van der Waals surface area contributed by atoms with Gasteiger partial charge in [-0.25, -0.2) is 0 Å². The second-order valence-electron chi connectivity index (χ2n) is 4.75. The van der Waals surface area contributed by atoms with Crippen LogP contribution in [0.15, 0.2) is 30.3 Å². The van der Waals surface area contributed by atoms with Crippen LogP contribution in [0.25, 0.3) is 0 Å². The Bertz CT molecular complexity index is 324. The number of fused-ring (bicyclic) bond motifs is 2. The lowest BCUT2D eigenvalue weighted by molar-refractivity contribution is 0.126. The molecule has 0 aliphatic carbocycles. The molecule has 2 heterocycles. The Morgan fingerprint density at radius 2 is 1.60 bits per heavy atom. The summed E-state index contributed by atoms with van der Waals surface area (Å²) >= 11 is 0. The molecule has 2 heteroatoms. The normalized spacial score (nSPS) is 34.5. The minimum absolute atomic E-state index is 0.0672. The summed E-state index contributed by atoms with van der Waals surface area (Å²) in [5, 5.41) is 9.73. The molecule has 0 amide bonds. The van der Waals surface area contributed by atoms with E-state index < -0.39 is 0 Å². The number of nitrogens with zero attached hydrogens (tertiary/aromatic N) is 1. The Morgan fingerprint density at radius 1 is 1.00 bits per heavy atom. The molecular weight excluding hydrogens is 186 g/mol. The molecule has 2 aliphatic rings. The zero-order chi connectivity index (χ0) is 10.3. The van der Waals surface area contributed by atoms with Crippen LogP contribution in [-0.2, 0) is 0 Å². The highest BCUT2D eigenvalue weighted by molar-refractivity contribution is 5.50. The molecule has 80 valence electrons. The standard InChI is InChI=1S/C13H17NO/c15-13-8-11-6-7-12(9-13)14(11)10-4-2-1-3-5-10/h1-5,11-13,15H,6-9H2/t11-,12-/m1/s1. The van der Waals surface area contributed by atoms with E-state index in [1.54, 1.807) is 0 Å². The van der Waals surface area contributed by atoms with Crippen molar-refractivity contribution in [3.8, 4) is 0 Å². The third kappa shape index (κ3) is 1.53. The lowest BCUT2D eigenvalue weighted by atomic mass is 9.99. The Morgan fingerprint density at radius 3 is 2.20 bits per heavy atom. The molecule has 2 atom stereocenters. The highest BCUT2D eigenvalue weighted by Crippen LogP contribution is 2.38. The Kier molecular flexibility index (Phi) is 2.17. The molecule has 2 saturated heterocycles. The van der Waals surface area contributed by atoms with Crippen LogP contribution in [0, 0.1) is 0 Å². The molecular formula is C13H17NO. The van der Waals surface area contributed by atoms with Gasteiger partial charge in [0.1, 0.15) is 0 Å². The lowest BCUT2D eigenvalue weighted by Crippen LogP contribution is -2.44. The van der Waals surface area contributed by atoms with Crippen molar-refractivity contribution in [3.05, 3.63) is 30.3 Å². The van der Waals surface area contributed by atoms with Gasteiger partial charge >= 0.3 is 0 Å². The van der Waals surface area contributed by atoms with Crippen molar-refractivity contribution < 1.29 is 5.11 Å². The number of aliphatic hydroxyl groups is 1. The summed E-state index contributed by atoms with van der Waals surface area (Å²) in [7, 11) is 0. The highest BCUT2D eigenvalue weighted by Gasteiger charge is 2.39. The fraction of sp³-hybridized carbons (Fsp3) is 0.538. The summed E-state index contributed by atoms with van der Waals surface area (Å²) in [6, 6.07) is 11.8. The summed E-state index contributed by atoms with van der Waals surface area (Å²) in [5.41, 5.74) is 1.33. The van der Waals surface area contributed by atoms with Gasteiger partial charge in [0.2, 0.25) is 0 Å². The van der Waals surface area contributed by atoms with Crippen molar-refractivity contribution in [2.45, 2.75) is 43.9 Å². The molecule has 1 aromatic rings. The van der Waals surface area contributed by atoms with Crippen LogP contribution >= 0.6 is 0 Å². The fourth-order valence-corrected chi connectivity index (χ4v) is 3.17. The second kappa shape index (κ2) is 3.53. The average Bonchev–Trinajstić information content (AvgIpc) is 2.53. The molecule has 0 saturated carbocycles. The van der Waals surface area contributed by atoms with E-state index in [-0.39, 0.29) is 6.10 Å². The van der Waals surface area contributed by atoms with Gasteiger partial charge < -0.3 is 10.0 Å². The van der Waals surface area contributed by atoms with Crippen LogP contribution in [0.4, 0.5) is 5.69 Å². The third-order valence-corrected chi connectivity index (χ3v) is 3.76. The van der Waals surface area contributed by atoms with Gasteiger partial charge in [-0.2, -0.15) is 0 Å². The first-order valence-corrected chi connectivity index (χ1v) is 5.86. The van der Waals surface area contributed by atoms with Gasteiger partial charge in [-0.1, -0.05) is 18.2 Å². The zero-order valence-electron chi connectivity index (χ0n) is 8.84. The molecule has 1 N–H and O–H groups in total. The first kappa shape index (κ1) is 9.22. The number of aliphatic hydroxyl groups excluding tert-OH is 1. The van der Waals surface area contributed by atoms with Crippen LogP contribution < -0.4 is 4.90 Å². The van der Waals surface area contributed by atoms with Crippen LogP contribution in [0.2, 0.25) is 0 Å². The summed E-state index contributed by atoms with van der Waals surface area (Å²) in [6.45, 7) is 0. The van der Waals surface area contributed by atoms with Gasteiger partial charge in [0, 0.05) is 17.8 Å². The van der Waals surface area contributed by atoms with Crippen molar-refractivity contribution >= 4 is 5.69 Å². The molecule has 0 aromatic heterocycles. The van der Waals surface area contributed by atoms with E-state index in [1.165, 1.54) is 18.5 Å². The van der Waals surface area contributed by atoms with Gasteiger partial charge in [0.15, 0.2) is 0 Å². The maximum absolute atomic E-state index is 9.73. The topological polar surface area (TPSA) is 23.5 Å². The van der Waals surface area contributed by atoms with Crippen molar-refractivity contribution in [2.24, 2.45) is 0 Å². The van der Waals surface area contributed by atoms with Gasteiger partial charge in [0.05, 0.1) is 6.10 Å². The molecule has 2 aliphatic heterocycles. The third-order valence-electron chi connectivity index (χ3n) is 3.76. The van der Waals surface area contributed by atoms with E-state index in [9.17, 15) is 5.11 Å². The highest BCUT2D eigenvalue weighted by atomic mass is 16.3. The predicted molar refractivity (Wildman–Crippen MR) is 61.0 cm³/mol. The molecule has 15 heavy (non-hydrogen) atoms. The average molecular weight is 203 g/mol. The molecule has 3 rings (SSSR count). The second-order valence-corrected chi connectivity index (χ2v) is 4.75. The number of piperidine rings is 1. The summed E-state index contributed by atoms with van der Waals surface area (Å²) in [5.74, 6) is 0. The van der Waals surface area contributed by atoms with Gasteiger partial charge in [-0.15, -0.1) is 0 Å². The summed E-state index contributed by atoms with van der Waals surface area (Å²) in [6.07, 6.45) is 4.33. The fourth-order valence-electron chi connectivity index (χ4n) is 3.17. The molecule has 0 spiro atoms. The van der Waals surface area contributed by atoms with Crippen LogP contribution in [0.1, 0.15) is 25.7 Å². The van der Waals surface area contributed by atoms with Crippen molar-refractivity contribution in [1.29, 1.82) is 0 Å². The number of hydrogen-bond donors (Lipinski definition) is 1. The molecule has 1 aromatic carbocycles. The monoisotopic (exact) mass is 203 g/mol. The summed E-state index contributed by atoms with van der Waals surface area (Å²) in [4.78, 5) is 2.52. The quantitative estimate of drug-likeness (QED) is 0.756. The van der Waals surface area contributed by atoms with Gasteiger partial charge in [-0.05, 0) is 37.8 Å². The van der Waals surface area contributed by atoms with E-state index in [2.05, 4.69) is 35.2 Å². The SMILES string of the molecule is OC1C[C@H]2CC[C@H](C1)N2c1ccccc1. The van der Waals surface area contributed by atoms with E-state index in [0.717, 1.165) is 12.8 Å².